The fourth-order valence-corrected chi connectivity index (χ4v) is 4.09. The fourth-order valence-electron chi connectivity index (χ4n) is 3.96. The smallest absolute Gasteiger partial charge is 0.339 e. The van der Waals surface area contributed by atoms with Crippen LogP contribution in [0.5, 0.6) is 0 Å². The first-order valence-corrected chi connectivity index (χ1v) is 11.1. The maximum atomic E-state index is 13.4. The molecule has 0 radical (unpaired) electrons. The summed E-state index contributed by atoms with van der Waals surface area (Å²) >= 11 is 5.94. The molecule has 0 aliphatic heterocycles. The van der Waals surface area contributed by atoms with Crippen molar-refractivity contribution in [2.24, 2.45) is 0 Å². The SMILES string of the molecule is O=C(COC(=O)/C(=C\c1ccc(Cl)cc1)c1ccc(F)cc1)NC1CCCc2ccccc21. The first-order chi connectivity index (χ1) is 16.0. The highest BCUT2D eigenvalue weighted by atomic mass is 35.5. The van der Waals surface area contributed by atoms with Crippen LogP contribution in [0.2, 0.25) is 5.02 Å². The molecule has 168 valence electrons. The van der Waals surface area contributed by atoms with Gasteiger partial charge in [-0.1, -0.05) is 60.1 Å². The van der Waals surface area contributed by atoms with E-state index in [4.69, 9.17) is 16.3 Å². The van der Waals surface area contributed by atoms with E-state index in [0.29, 0.717) is 10.6 Å². The van der Waals surface area contributed by atoms with E-state index in [1.54, 1.807) is 30.3 Å². The molecule has 0 saturated heterocycles. The maximum Gasteiger partial charge on any atom is 0.339 e. The van der Waals surface area contributed by atoms with Crippen LogP contribution in [0.25, 0.3) is 11.6 Å². The first-order valence-electron chi connectivity index (χ1n) is 10.8. The Labute approximate surface area is 197 Å². The van der Waals surface area contributed by atoms with E-state index in [0.717, 1.165) is 30.4 Å². The molecule has 0 saturated carbocycles. The largest absolute Gasteiger partial charge is 0.452 e. The van der Waals surface area contributed by atoms with Crippen molar-refractivity contribution in [3.05, 3.63) is 106 Å². The van der Waals surface area contributed by atoms with Crippen LogP contribution in [0.3, 0.4) is 0 Å². The molecule has 4 rings (SSSR count). The highest BCUT2D eigenvalue weighted by Crippen LogP contribution is 2.29. The number of benzene rings is 3. The summed E-state index contributed by atoms with van der Waals surface area (Å²) in [5.74, 6) is -1.45. The van der Waals surface area contributed by atoms with Crippen molar-refractivity contribution in [3.8, 4) is 0 Å². The van der Waals surface area contributed by atoms with E-state index in [9.17, 15) is 14.0 Å². The van der Waals surface area contributed by atoms with E-state index in [2.05, 4.69) is 11.4 Å². The van der Waals surface area contributed by atoms with Gasteiger partial charge in [-0.15, -0.1) is 0 Å². The summed E-state index contributed by atoms with van der Waals surface area (Å²) in [4.78, 5) is 25.5. The number of rotatable bonds is 6. The molecule has 1 amide bonds. The Bertz CT molecular complexity index is 1170. The third-order valence-electron chi connectivity index (χ3n) is 5.60. The van der Waals surface area contributed by atoms with E-state index in [-0.39, 0.29) is 17.5 Å². The van der Waals surface area contributed by atoms with Crippen LogP contribution in [0.1, 0.15) is 41.1 Å². The Hall–Kier alpha value is -3.44. The van der Waals surface area contributed by atoms with Gasteiger partial charge in [0.1, 0.15) is 5.82 Å². The highest BCUT2D eigenvalue weighted by molar-refractivity contribution is 6.30. The van der Waals surface area contributed by atoms with E-state index in [1.165, 1.54) is 29.8 Å². The van der Waals surface area contributed by atoms with Crippen molar-refractivity contribution < 1.29 is 18.7 Å². The van der Waals surface area contributed by atoms with Gasteiger partial charge in [-0.05, 0) is 71.9 Å². The summed E-state index contributed by atoms with van der Waals surface area (Å²) in [7, 11) is 0. The lowest BCUT2D eigenvalue weighted by molar-refractivity contribution is -0.143. The van der Waals surface area contributed by atoms with Crippen molar-refractivity contribution in [1.82, 2.24) is 5.32 Å². The number of halogens is 2. The van der Waals surface area contributed by atoms with Gasteiger partial charge in [-0.25, -0.2) is 9.18 Å². The zero-order valence-electron chi connectivity index (χ0n) is 17.9. The predicted molar refractivity (Wildman–Crippen MR) is 127 cm³/mol. The monoisotopic (exact) mass is 463 g/mol. The van der Waals surface area contributed by atoms with Crippen LogP contribution < -0.4 is 5.32 Å². The minimum atomic E-state index is -0.671. The molecule has 3 aromatic rings. The lowest BCUT2D eigenvalue weighted by atomic mass is 9.88. The number of hydrogen-bond donors (Lipinski definition) is 1. The average molecular weight is 464 g/mol. The number of aryl methyl sites for hydroxylation is 1. The maximum absolute atomic E-state index is 13.4. The summed E-state index contributed by atoms with van der Waals surface area (Å²) < 4.78 is 18.7. The fraction of sp³-hybridized carbons (Fsp3) is 0.185. The lowest BCUT2D eigenvalue weighted by Crippen LogP contribution is -2.34. The van der Waals surface area contributed by atoms with Crippen molar-refractivity contribution in [3.63, 3.8) is 0 Å². The summed E-state index contributed by atoms with van der Waals surface area (Å²) in [5, 5.41) is 3.54. The summed E-state index contributed by atoms with van der Waals surface area (Å²) in [6.07, 6.45) is 4.45. The molecule has 0 heterocycles. The van der Waals surface area contributed by atoms with Gasteiger partial charge in [0.2, 0.25) is 0 Å². The topological polar surface area (TPSA) is 55.4 Å². The zero-order chi connectivity index (χ0) is 23.2. The number of carbonyl (C=O) groups is 2. The van der Waals surface area contributed by atoms with Crippen LogP contribution >= 0.6 is 11.6 Å². The normalized spacial score (nSPS) is 15.5. The molecule has 0 bridgehead atoms. The van der Waals surface area contributed by atoms with Crippen molar-refractivity contribution in [2.45, 2.75) is 25.3 Å². The molecule has 0 aromatic heterocycles. The Morgan fingerprint density at radius 3 is 2.52 bits per heavy atom. The minimum Gasteiger partial charge on any atom is -0.452 e. The Morgan fingerprint density at radius 2 is 1.76 bits per heavy atom. The van der Waals surface area contributed by atoms with Crippen LogP contribution in [-0.4, -0.2) is 18.5 Å². The van der Waals surface area contributed by atoms with E-state index in [1.807, 2.05) is 18.2 Å². The van der Waals surface area contributed by atoms with Crippen LogP contribution in [0.4, 0.5) is 4.39 Å². The molecular weight excluding hydrogens is 441 g/mol. The van der Waals surface area contributed by atoms with Crippen molar-refractivity contribution in [2.75, 3.05) is 6.61 Å². The second-order valence-corrected chi connectivity index (χ2v) is 8.34. The van der Waals surface area contributed by atoms with Gasteiger partial charge in [0, 0.05) is 5.02 Å². The van der Waals surface area contributed by atoms with Gasteiger partial charge in [0.15, 0.2) is 6.61 Å². The first kappa shape index (κ1) is 22.7. The number of carbonyl (C=O) groups excluding carboxylic acids is 2. The molecule has 0 fully saturated rings. The highest BCUT2D eigenvalue weighted by Gasteiger charge is 2.22. The Morgan fingerprint density at radius 1 is 1.03 bits per heavy atom. The molecule has 1 N–H and O–H groups in total. The third-order valence-corrected chi connectivity index (χ3v) is 5.85. The van der Waals surface area contributed by atoms with Crippen molar-refractivity contribution in [1.29, 1.82) is 0 Å². The predicted octanol–water partition coefficient (Wildman–Crippen LogP) is 5.76. The number of nitrogens with one attached hydrogen (secondary N) is 1. The lowest BCUT2D eigenvalue weighted by Gasteiger charge is -2.26. The molecule has 1 unspecified atom stereocenters. The van der Waals surface area contributed by atoms with Gasteiger partial charge in [0.25, 0.3) is 5.91 Å². The number of fused-ring (bicyclic) bond motifs is 1. The van der Waals surface area contributed by atoms with Gasteiger partial charge in [-0.3, -0.25) is 4.79 Å². The third kappa shape index (κ3) is 5.88. The molecule has 1 aliphatic rings. The second kappa shape index (κ2) is 10.5. The Kier molecular flexibility index (Phi) is 7.20. The van der Waals surface area contributed by atoms with Crippen LogP contribution in [0, 0.1) is 5.82 Å². The summed E-state index contributed by atoms with van der Waals surface area (Å²) in [5.41, 5.74) is 3.76. The zero-order valence-corrected chi connectivity index (χ0v) is 18.6. The van der Waals surface area contributed by atoms with Crippen molar-refractivity contribution >= 4 is 35.1 Å². The van der Waals surface area contributed by atoms with Crippen LogP contribution in [0.15, 0.2) is 72.8 Å². The second-order valence-electron chi connectivity index (χ2n) is 7.90. The van der Waals surface area contributed by atoms with Gasteiger partial charge < -0.3 is 10.1 Å². The Balaban J connectivity index is 1.46. The number of hydrogen-bond acceptors (Lipinski definition) is 3. The summed E-state index contributed by atoms with van der Waals surface area (Å²) in [6, 6.07) is 20.4. The number of amides is 1. The molecule has 3 aromatic carbocycles. The van der Waals surface area contributed by atoms with Crippen LogP contribution in [-0.2, 0) is 20.7 Å². The standard InChI is InChI=1S/C27H23ClFNO3/c28-21-12-8-18(9-13-21)16-24(20-10-14-22(29)15-11-20)27(32)33-17-26(31)30-25-7-3-5-19-4-1-2-6-23(19)25/h1-2,4,6,8-16,25H,3,5,7,17H2,(H,30,31)/b24-16-. The molecule has 1 aliphatic carbocycles. The summed E-state index contributed by atoms with van der Waals surface area (Å²) in [6.45, 7) is -0.406. The molecule has 33 heavy (non-hydrogen) atoms. The van der Waals surface area contributed by atoms with E-state index >= 15 is 0 Å². The molecule has 6 heteroatoms. The molecule has 4 nitrogen and oxygen atoms in total. The number of esters is 1. The van der Waals surface area contributed by atoms with Gasteiger partial charge >= 0.3 is 5.97 Å². The number of ether oxygens (including phenoxy) is 1. The van der Waals surface area contributed by atoms with E-state index < -0.39 is 18.4 Å². The average Bonchev–Trinajstić information content (AvgIpc) is 2.83. The quantitative estimate of drug-likeness (QED) is 0.287. The van der Waals surface area contributed by atoms with Gasteiger partial charge in [-0.2, -0.15) is 0 Å². The molecule has 0 spiro atoms. The molecular formula is C27H23ClFNO3. The van der Waals surface area contributed by atoms with Gasteiger partial charge in [0.05, 0.1) is 11.6 Å². The molecule has 1 atom stereocenters. The minimum absolute atomic E-state index is 0.0951.